The molecule has 44 heavy (non-hydrogen) atoms. The quantitative estimate of drug-likeness (QED) is 0.130. The average Bonchev–Trinajstić information content (AvgIpc) is 3.09. The Bertz CT molecular complexity index is 1450. The molecule has 0 atom stereocenters. The lowest BCUT2D eigenvalue weighted by molar-refractivity contribution is 0.484. The van der Waals surface area contributed by atoms with Crippen molar-refractivity contribution in [1.29, 1.82) is 0 Å². The van der Waals surface area contributed by atoms with E-state index in [-0.39, 0.29) is 15.8 Å². The van der Waals surface area contributed by atoms with Gasteiger partial charge < -0.3 is 0 Å². The van der Waals surface area contributed by atoms with Gasteiger partial charge in [-0.05, 0) is 118 Å². The van der Waals surface area contributed by atoms with Crippen LogP contribution in [0.3, 0.4) is 0 Å². The molecule has 4 aromatic carbocycles. The van der Waals surface area contributed by atoms with Gasteiger partial charge in [-0.15, -0.1) is 7.92 Å². The van der Waals surface area contributed by atoms with E-state index in [1.807, 2.05) is 0 Å². The van der Waals surface area contributed by atoms with Crippen LogP contribution < -0.4 is 0 Å². The van der Waals surface area contributed by atoms with Crippen LogP contribution in [-0.4, -0.2) is 23.6 Å². The fourth-order valence-electron chi connectivity index (χ4n) is 8.34. The van der Waals surface area contributed by atoms with E-state index in [2.05, 4.69) is 86.6 Å². The maximum Gasteiger partial charge on any atom is -0.00606 e. The van der Waals surface area contributed by atoms with Crippen molar-refractivity contribution in [2.45, 2.75) is 127 Å². The molecule has 0 saturated heterocycles. The predicted octanol–water partition coefficient (Wildman–Crippen LogP) is 13.9. The van der Waals surface area contributed by atoms with Gasteiger partial charge in [0.2, 0.25) is 0 Å². The first-order valence-corrected chi connectivity index (χ1v) is 21.8. The molecule has 234 valence electrons. The minimum absolute atomic E-state index is 0.00326. The average molecular weight is 623 g/mol. The second-order valence-corrected chi connectivity index (χ2v) is 19.2. The monoisotopic (exact) mass is 622 g/mol. The third-order valence-corrected chi connectivity index (χ3v) is 17.1. The molecule has 6 rings (SSSR count). The van der Waals surface area contributed by atoms with Gasteiger partial charge >= 0.3 is 0 Å². The fraction of sp³-hybridized carbons (Fsp3) is 0.524. The van der Waals surface area contributed by atoms with Crippen molar-refractivity contribution < 1.29 is 0 Å². The van der Waals surface area contributed by atoms with E-state index in [1.54, 1.807) is 22.3 Å². The molecule has 0 unspecified atom stereocenters. The number of hydrogen-bond acceptors (Lipinski definition) is 0. The number of benzene rings is 4. The molecule has 2 aliphatic carbocycles. The van der Waals surface area contributed by atoms with E-state index in [0.717, 1.165) is 11.3 Å². The Labute approximate surface area is 271 Å². The van der Waals surface area contributed by atoms with Gasteiger partial charge in [-0.2, -0.15) is 0 Å². The molecular weight excluding hydrogens is 566 g/mol. The lowest BCUT2D eigenvalue weighted by Crippen LogP contribution is -2.21. The molecule has 0 radical (unpaired) electrons. The number of hydrogen-bond donors (Lipinski definition) is 0. The molecule has 4 aromatic rings. The van der Waals surface area contributed by atoms with Crippen molar-refractivity contribution >= 4 is 37.4 Å². The van der Waals surface area contributed by atoms with Crippen LogP contribution in [0.4, 0.5) is 0 Å². The summed E-state index contributed by atoms with van der Waals surface area (Å²) in [4.78, 5) is 0. The summed E-state index contributed by atoms with van der Waals surface area (Å²) >= 11 is 0. The summed E-state index contributed by atoms with van der Waals surface area (Å²) < 4.78 is 0. The molecule has 0 bridgehead atoms. The lowest BCUT2D eigenvalue weighted by atomic mass is 9.88. The highest BCUT2D eigenvalue weighted by molar-refractivity contribution is 7.58. The molecule has 2 saturated carbocycles. The fourth-order valence-corrected chi connectivity index (χ4v) is 15.0. The van der Waals surface area contributed by atoms with Crippen molar-refractivity contribution in [2.75, 3.05) is 12.3 Å². The SMILES string of the molecule is CCCCP(CCCC)Cc1ccc2ccccc2c1-c1c(CP(C2CCCCC2)C2CCCCC2)ccc2ccccc12. The van der Waals surface area contributed by atoms with E-state index in [4.69, 9.17) is 0 Å². The summed E-state index contributed by atoms with van der Waals surface area (Å²) in [6.07, 6.45) is 25.6. The third-order valence-electron chi connectivity index (χ3n) is 10.8. The number of rotatable bonds is 13. The van der Waals surface area contributed by atoms with Crippen LogP contribution in [0.2, 0.25) is 0 Å². The van der Waals surface area contributed by atoms with E-state index in [9.17, 15) is 0 Å². The minimum atomic E-state index is -0.0168. The van der Waals surface area contributed by atoms with Crippen molar-refractivity contribution in [3.63, 3.8) is 0 Å². The van der Waals surface area contributed by atoms with Crippen molar-refractivity contribution in [2.24, 2.45) is 0 Å². The largest absolute Gasteiger partial charge is 0.102 e. The molecule has 2 aliphatic rings. The van der Waals surface area contributed by atoms with Gasteiger partial charge in [-0.25, -0.2) is 0 Å². The third kappa shape index (κ3) is 7.62. The second kappa shape index (κ2) is 16.2. The predicted molar refractivity (Wildman–Crippen MR) is 201 cm³/mol. The van der Waals surface area contributed by atoms with Crippen LogP contribution in [0, 0.1) is 0 Å². The molecule has 0 heterocycles. The molecule has 2 fully saturated rings. The van der Waals surface area contributed by atoms with E-state index >= 15 is 0 Å². The zero-order valence-electron chi connectivity index (χ0n) is 27.7. The topological polar surface area (TPSA) is 0 Å². The summed E-state index contributed by atoms with van der Waals surface area (Å²) in [5, 5.41) is 5.77. The normalized spacial score (nSPS) is 16.9. The summed E-state index contributed by atoms with van der Waals surface area (Å²) in [5.74, 6) is 0. The smallest absolute Gasteiger partial charge is 0.00606 e. The molecule has 0 aromatic heterocycles. The maximum absolute atomic E-state index is 2.58. The summed E-state index contributed by atoms with van der Waals surface area (Å²) in [6.45, 7) is 4.74. The van der Waals surface area contributed by atoms with Crippen LogP contribution in [0.15, 0.2) is 72.8 Å². The molecule has 2 heteroatoms. The van der Waals surface area contributed by atoms with Gasteiger partial charge in [0.25, 0.3) is 0 Å². The maximum atomic E-state index is 2.58. The number of fused-ring (bicyclic) bond motifs is 2. The first-order valence-electron chi connectivity index (χ1n) is 18.3. The Morgan fingerprint density at radius 2 is 0.977 bits per heavy atom. The number of unbranched alkanes of at least 4 members (excludes halogenated alkanes) is 2. The van der Waals surface area contributed by atoms with Gasteiger partial charge in [0, 0.05) is 0 Å². The standard InChI is InChI=1S/C42H56P2/c1-3-5-29-43(30-6-4-2)31-35-27-25-33-17-13-15-23-39(33)41(35)42-36(28-26-34-18-14-16-24-40(34)42)32-44(37-19-9-7-10-20-37)38-21-11-8-12-22-38/h13-18,23-28,37-38H,3-12,19-22,29-32H2,1-2H3. The van der Waals surface area contributed by atoms with Gasteiger partial charge in [-0.3, -0.25) is 0 Å². The summed E-state index contributed by atoms with van der Waals surface area (Å²) in [7, 11) is -0.0135. The van der Waals surface area contributed by atoms with Crippen LogP contribution in [0.25, 0.3) is 32.7 Å². The molecular formula is C42H56P2. The Kier molecular flexibility index (Phi) is 11.9. The van der Waals surface area contributed by atoms with Crippen LogP contribution >= 0.6 is 15.8 Å². The zero-order chi connectivity index (χ0) is 30.1. The van der Waals surface area contributed by atoms with E-state index in [0.29, 0.717) is 0 Å². The highest BCUT2D eigenvalue weighted by Gasteiger charge is 2.32. The zero-order valence-corrected chi connectivity index (χ0v) is 29.5. The van der Waals surface area contributed by atoms with Crippen LogP contribution in [-0.2, 0) is 12.3 Å². The highest BCUT2D eigenvalue weighted by Crippen LogP contribution is 2.59. The Morgan fingerprint density at radius 3 is 1.45 bits per heavy atom. The first kappa shape index (κ1) is 32.2. The van der Waals surface area contributed by atoms with E-state index in [1.165, 1.54) is 136 Å². The molecule has 0 amide bonds. The van der Waals surface area contributed by atoms with E-state index < -0.39 is 0 Å². The molecule has 0 spiro atoms. The first-order chi connectivity index (χ1) is 21.8. The minimum Gasteiger partial charge on any atom is -0.102 e. The van der Waals surface area contributed by atoms with Gasteiger partial charge in [0.05, 0.1) is 0 Å². The second-order valence-electron chi connectivity index (χ2n) is 13.9. The summed E-state index contributed by atoms with van der Waals surface area (Å²) in [5.41, 5.74) is 8.41. The van der Waals surface area contributed by atoms with Gasteiger partial charge in [0.1, 0.15) is 0 Å². The summed E-state index contributed by atoms with van der Waals surface area (Å²) in [6, 6.07) is 28.7. The lowest BCUT2D eigenvalue weighted by Gasteiger charge is -2.39. The van der Waals surface area contributed by atoms with Gasteiger partial charge in [-0.1, -0.05) is 146 Å². The van der Waals surface area contributed by atoms with Crippen molar-refractivity contribution in [3.05, 3.63) is 83.9 Å². The van der Waals surface area contributed by atoms with Gasteiger partial charge in [0.15, 0.2) is 0 Å². The van der Waals surface area contributed by atoms with Crippen LogP contribution in [0.1, 0.15) is 115 Å². The van der Waals surface area contributed by atoms with Crippen molar-refractivity contribution in [3.8, 4) is 11.1 Å². The molecule has 0 nitrogen and oxygen atoms in total. The molecule has 0 aliphatic heterocycles. The Hall–Kier alpha value is -1.74. The Morgan fingerprint density at radius 1 is 0.523 bits per heavy atom. The Balaban J connectivity index is 1.51. The van der Waals surface area contributed by atoms with Crippen molar-refractivity contribution in [1.82, 2.24) is 0 Å². The molecule has 0 N–H and O–H groups in total. The van der Waals surface area contributed by atoms with Crippen LogP contribution in [0.5, 0.6) is 0 Å². The highest BCUT2D eigenvalue weighted by atomic mass is 31.1.